The van der Waals surface area contributed by atoms with E-state index in [4.69, 9.17) is 9.98 Å². The van der Waals surface area contributed by atoms with E-state index in [2.05, 4.69) is 96.6 Å². The van der Waals surface area contributed by atoms with Gasteiger partial charge in [-0.1, -0.05) is 36.0 Å². The van der Waals surface area contributed by atoms with E-state index in [1.807, 2.05) is 6.20 Å². The predicted molar refractivity (Wildman–Crippen MR) is 159 cm³/mol. The van der Waals surface area contributed by atoms with Crippen LogP contribution in [-0.2, 0) is 13.1 Å². The van der Waals surface area contributed by atoms with Gasteiger partial charge >= 0.3 is 0 Å². The lowest BCUT2D eigenvalue weighted by Gasteiger charge is -2.25. The van der Waals surface area contributed by atoms with Crippen molar-refractivity contribution in [1.29, 1.82) is 0 Å². The molecule has 0 saturated carbocycles. The summed E-state index contributed by atoms with van der Waals surface area (Å²) in [5.74, 6) is 1.09. The number of rotatable bonds is 7. The third kappa shape index (κ3) is 5.81. The van der Waals surface area contributed by atoms with Gasteiger partial charge in [0.05, 0.1) is 41.6 Å². The minimum absolute atomic E-state index is 0.0814. The van der Waals surface area contributed by atoms with E-state index in [0.717, 1.165) is 97.2 Å². The van der Waals surface area contributed by atoms with Crippen LogP contribution in [0.15, 0.2) is 93.0 Å². The smallest absolute Gasteiger partial charge is 0.123 e. The van der Waals surface area contributed by atoms with Crippen LogP contribution in [0, 0.1) is 0 Å². The second-order valence-corrected chi connectivity index (χ2v) is 10.5. The van der Waals surface area contributed by atoms with E-state index in [0.29, 0.717) is 0 Å². The summed E-state index contributed by atoms with van der Waals surface area (Å²) >= 11 is 0. The number of nitrogens with one attached hydrogen (secondary N) is 2. The Kier molecular flexibility index (Phi) is 8.18. The molecule has 6 heteroatoms. The minimum atomic E-state index is 0.0814. The molecule has 2 N–H and O–H groups in total. The lowest BCUT2D eigenvalue weighted by molar-refractivity contribution is 0.502. The number of hydrogen-bond donors (Lipinski definition) is 2. The summed E-state index contributed by atoms with van der Waals surface area (Å²) in [6.45, 7) is 11.3. The van der Waals surface area contributed by atoms with Crippen LogP contribution >= 0.6 is 0 Å². The van der Waals surface area contributed by atoms with Crippen LogP contribution in [0.3, 0.4) is 0 Å². The van der Waals surface area contributed by atoms with E-state index in [9.17, 15) is 0 Å². The molecule has 0 aromatic carbocycles. The lowest BCUT2D eigenvalue weighted by atomic mass is 9.96. The molecule has 5 rings (SSSR count). The molecule has 38 heavy (non-hydrogen) atoms. The third-order valence-electron chi connectivity index (χ3n) is 7.62. The zero-order valence-corrected chi connectivity index (χ0v) is 23.2. The molecular weight excluding hydrogens is 468 g/mol. The quantitative estimate of drug-likeness (QED) is 0.334. The van der Waals surface area contributed by atoms with E-state index in [1.165, 1.54) is 11.1 Å². The molecule has 4 heterocycles. The largest absolute Gasteiger partial charge is 0.379 e. The molecule has 0 amide bonds. The van der Waals surface area contributed by atoms with E-state index < -0.39 is 0 Å². The van der Waals surface area contributed by atoms with Crippen LogP contribution in [-0.4, -0.2) is 33.6 Å². The molecule has 0 saturated heterocycles. The summed E-state index contributed by atoms with van der Waals surface area (Å²) in [4.78, 5) is 15.0. The van der Waals surface area contributed by atoms with Crippen LogP contribution in [0.2, 0.25) is 0 Å². The number of aliphatic imine (C=N–C) groups is 2. The molecule has 6 nitrogen and oxygen atoms in total. The van der Waals surface area contributed by atoms with Crippen molar-refractivity contribution in [2.45, 2.75) is 78.9 Å². The number of dihydropyridines is 2. The SMILES string of the molecule is C/C=C\CC/C(C)=N/C(C1=CCCC(C)=CC1)=C(\C)C1=NC2=CC(c3cnc4n3CCNC4)=CNC2C=C1. The van der Waals surface area contributed by atoms with Gasteiger partial charge < -0.3 is 15.2 Å². The predicted octanol–water partition coefficient (Wildman–Crippen LogP) is 6.34. The van der Waals surface area contributed by atoms with Crippen molar-refractivity contribution in [3.8, 4) is 0 Å². The number of aromatic nitrogens is 2. The molecule has 1 aromatic heterocycles. The third-order valence-corrected chi connectivity index (χ3v) is 7.62. The van der Waals surface area contributed by atoms with Crippen molar-refractivity contribution in [2.24, 2.45) is 9.98 Å². The van der Waals surface area contributed by atoms with Gasteiger partial charge in [-0.25, -0.2) is 4.98 Å². The maximum absolute atomic E-state index is 5.21. The Morgan fingerprint density at radius 1 is 1.26 bits per heavy atom. The molecule has 0 bridgehead atoms. The van der Waals surface area contributed by atoms with E-state index >= 15 is 0 Å². The van der Waals surface area contributed by atoms with Crippen LogP contribution in [0.1, 0.15) is 71.3 Å². The summed E-state index contributed by atoms with van der Waals surface area (Å²) < 4.78 is 2.31. The summed E-state index contributed by atoms with van der Waals surface area (Å²) in [5, 5.41) is 6.94. The Hall–Kier alpha value is -3.51. The summed E-state index contributed by atoms with van der Waals surface area (Å²) in [5.41, 5.74) is 10.4. The van der Waals surface area contributed by atoms with Crippen molar-refractivity contribution >= 4 is 17.0 Å². The first-order valence-electron chi connectivity index (χ1n) is 13.9. The maximum Gasteiger partial charge on any atom is 0.123 e. The van der Waals surface area contributed by atoms with Gasteiger partial charge in [0.15, 0.2) is 0 Å². The molecule has 0 radical (unpaired) electrons. The topological polar surface area (TPSA) is 66.6 Å². The molecule has 4 aliphatic rings. The number of fused-ring (bicyclic) bond motifs is 2. The molecule has 1 aromatic rings. The monoisotopic (exact) mass is 508 g/mol. The van der Waals surface area contributed by atoms with E-state index in [1.54, 1.807) is 0 Å². The van der Waals surface area contributed by atoms with Gasteiger partial charge in [-0.15, -0.1) is 0 Å². The molecule has 198 valence electrons. The molecule has 0 spiro atoms. The fraction of sp³-hybridized carbons (Fsp3) is 0.406. The van der Waals surface area contributed by atoms with E-state index in [-0.39, 0.29) is 6.04 Å². The fourth-order valence-electron chi connectivity index (χ4n) is 5.32. The summed E-state index contributed by atoms with van der Waals surface area (Å²) in [7, 11) is 0. The summed E-state index contributed by atoms with van der Waals surface area (Å²) in [6.07, 6.45) is 24.8. The molecule has 1 unspecified atom stereocenters. The van der Waals surface area contributed by atoms with Gasteiger partial charge in [-0.2, -0.15) is 0 Å². The highest BCUT2D eigenvalue weighted by Crippen LogP contribution is 2.31. The summed E-state index contributed by atoms with van der Waals surface area (Å²) in [6, 6.07) is 0.0814. The van der Waals surface area contributed by atoms with Crippen molar-refractivity contribution in [2.75, 3.05) is 6.54 Å². The first-order chi connectivity index (χ1) is 18.5. The van der Waals surface area contributed by atoms with Crippen LogP contribution in [0.4, 0.5) is 0 Å². The average molecular weight is 509 g/mol. The van der Waals surface area contributed by atoms with Gasteiger partial charge in [0.1, 0.15) is 5.82 Å². The number of imidazole rings is 1. The highest BCUT2D eigenvalue weighted by molar-refractivity contribution is 6.10. The van der Waals surface area contributed by atoms with Crippen LogP contribution in [0.25, 0.3) is 5.57 Å². The zero-order valence-electron chi connectivity index (χ0n) is 23.2. The minimum Gasteiger partial charge on any atom is -0.379 e. The second kappa shape index (κ2) is 11.9. The number of allylic oxidation sites excluding steroid dienone is 10. The second-order valence-electron chi connectivity index (χ2n) is 10.5. The van der Waals surface area contributed by atoms with Crippen molar-refractivity contribution in [1.82, 2.24) is 20.2 Å². The van der Waals surface area contributed by atoms with Crippen LogP contribution < -0.4 is 10.6 Å². The number of nitrogens with zero attached hydrogens (tertiary/aromatic N) is 4. The molecule has 3 aliphatic heterocycles. The van der Waals surface area contributed by atoms with Gasteiger partial charge in [0.2, 0.25) is 0 Å². The Morgan fingerprint density at radius 2 is 2.16 bits per heavy atom. The first-order valence-corrected chi connectivity index (χ1v) is 13.9. The Bertz CT molecular complexity index is 1350. The van der Waals surface area contributed by atoms with Gasteiger partial charge in [0, 0.05) is 36.1 Å². The molecule has 1 atom stereocenters. The molecular formula is C32H40N6. The Morgan fingerprint density at radius 3 is 3.03 bits per heavy atom. The van der Waals surface area contributed by atoms with Gasteiger partial charge in [-0.3, -0.25) is 9.98 Å². The van der Waals surface area contributed by atoms with Crippen LogP contribution in [0.5, 0.6) is 0 Å². The highest BCUT2D eigenvalue weighted by Gasteiger charge is 2.24. The molecule has 0 fully saturated rings. The zero-order chi connectivity index (χ0) is 26.5. The van der Waals surface area contributed by atoms with Crippen molar-refractivity contribution < 1.29 is 0 Å². The first kappa shape index (κ1) is 26.1. The number of hydrogen-bond acceptors (Lipinski definition) is 5. The Balaban J connectivity index is 1.49. The normalized spacial score (nSPS) is 22.3. The molecule has 1 aliphatic carbocycles. The average Bonchev–Trinajstić information content (AvgIpc) is 3.25. The van der Waals surface area contributed by atoms with Crippen molar-refractivity contribution in [3.63, 3.8) is 0 Å². The van der Waals surface area contributed by atoms with Gasteiger partial charge in [-0.05, 0) is 77.5 Å². The standard InChI is InChI=1S/C32H40N6/c1-5-6-7-10-23(3)36-32(25-11-8-9-22(2)12-13-25)24(4)27-14-15-28-29(37-27)18-26(19-34-28)30-20-35-31-21-33-16-17-38(30)31/h5-6,11-12,14-15,18-20,28,33-34H,7-10,13,16-17,21H2,1-4H3/b6-5-,32-24+,36-23+. The van der Waals surface area contributed by atoms with Gasteiger partial charge in [0.25, 0.3) is 0 Å². The lowest BCUT2D eigenvalue weighted by Crippen LogP contribution is -2.31. The van der Waals surface area contributed by atoms with Crippen molar-refractivity contribution in [3.05, 3.63) is 94.6 Å². The maximum atomic E-state index is 5.21. The highest BCUT2D eigenvalue weighted by atomic mass is 15.2. The Labute approximate surface area is 227 Å². The fourth-order valence-corrected chi connectivity index (χ4v) is 5.32.